The standard InChI is InChI=1S/C24H25N3O4S2/c28-23(17-25-12-14-26(15-13-25)33(29,30)24-11-6-16-32-24)27-20-9-4-5-10-22(20)31-18-21(27)19-7-2-1-3-8-19/h1-11,16,21H,12-15,17-18H2/t21-/m0/s1. The topological polar surface area (TPSA) is 70.2 Å². The highest BCUT2D eigenvalue weighted by Crippen LogP contribution is 2.39. The Morgan fingerprint density at radius 1 is 0.939 bits per heavy atom. The molecule has 3 aromatic rings. The zero-order valence-electron chi connectivity index (χ0n) is 18.0. The molecule has 9 heteroatoms. The molecule has 1 aromatic heterocycles. The molecule has 1 fully saturated rings. The molecule has 5 rings (SSSR count). The van der Waals surface area contributed by atoms with Crippen molar-refractivity contribution >= 4 is 33.0 Å². The van der Waals surface area contributed by atoms with E-state index in [9.17, 15) is 13.2 Å². The quantitative estimate of drug-likeness (QED) is 0.557. The summed E-state index contributed by atoms with van der Waals surface area (Å²) in [6.07, 6.45) is 0. The fourth-order valence-corrected chi connectivity index (χ4v) is 6.92. The normalized spacial score (nSPS) is 19.6. The van der Waals surface area contributed by atoms with Crippen LogP contribution in [0.5, 0.6) is 5.75 Å². The molecule has 1 amide bonds. The molecule has 0 radical (unpaired) electrons. The molecular weight excluding hydrogens is 458 g/mol. The van der Waals surface area contributed by atoms with E-state index in [0.717, 1.165) is 11.3 Å². The van der Waals surface area contributed by atoms with E-state index in [-0.39, 0.29) is 18.5 Å². The number of amides is 1. The minimum Gasteiger partial charge on any atom is -0.489 e. The summed E-state index contributed by atoms with van der Waals surface area (Å²) in [5, 5.41) is 1.77. The number of hydrogen-bond donors (Lipinski definition) is 0. The number of thiophene rings is 1. The van der Waals surface area contributed by atoms with Gasteiger partial charge in [0.1, 0.15) is 16.6 Å². The van der Waals surface area contributed by atoms with Gasteiger partial charge >= 0.3 is 0 Å². The average Bonchev–Trinajstić information content (AvgIpc) is 3.40. The molecule has 2 aromatic carbocycles. The van der Waals surface area contributed by atoms with Crippen molar-refractivity contribution in [2.75, 3.05) is 44.2 Å². The van der Waals surface area contributed by atoms with Gasteiger partial charge in [-0.25, -0.2) is 8.42 Å². The van der Waals surface area contributed by atoms with Gasteiger partial charge in [-0.05, 0) is 29.1 Å². The van der Waals surface area contributed by atoms with E-state index in [1.54, 1.807) is 17.5 Å². The Morgan fingerprint density at radius 2 is 1.67 bits per heavy atom. The number of piperazine rings is 1. The van der Waals surface area contributed by atoms with E-state index in [4.69, 9.17) is 4.74 Å². The van der Waals surface area contributed by atoms with Gasteiger partial charge in [-0.2, -0.15) is 4.31 Å². The second-order valence-electron chi connectivity index (χ2n) is 8.08. The Morgan fingerprint density at radius 3 is 2.39 bits per heavy atom. The van der Waals surface area contributed by atoms with E-state index in [1.165, 1.54) is 15.6 Å². The second-order valence-corrected chi connectivity index (χ2v) is 11.2. The van der Waals surface area contributed by atoms with Crippen molar-refractivity contribution in [3.8, 4) is 5.75 Å². The SMILES string of the molecule is O=C(CN1CCN(S(=O)(=O)c2cccs2)CC1)N1c2ccccc2OC[C@H]1c1ccccc1. The largest absolute Gasteiger partial charge is 0.489 e. The van der Waals surface area contributed by atoms with Crippen LogP contribution in [0, 0.1) is 0 Å². The third kappa shape index (κ3) is 4.41. The fraction of sp³-hybridized carbons (Fsp3) is 0.292. The first-order valence-electron chi connectivity index (χ1n) is 10.9. The molecule has 0 saturated carbocycles. The van der Waals surface area contributed by atoms with Crippen molar-refractivity contribution in [1.82, 2.24) is 9.21 Å². The summed E-state index contributed by atoms with van der Waals surface area (Å²) >= 11 is 1.23. The number of ether oxygens (including phenoxy) is 1. The van der Waals surface area contributed by atoms with Crippen molar-refractivity contribution in [2.24, 2.45) is 0 Å². The highest BCUT2D eigenvalue weighted by molar-refractivity contribution is 7.91. The maximum atomic E-state index is 13.6. The van der Waals surface area contributed by atoms with E-state index in [1.807, 2.05) is 64.4 Å². The Bertz CT molecular complexity index is 1210. The number of benzene rings is 2. The van der Waals surface area contributed by atoms with E-state index >= 15 is 0 Å². The van der Waals surface area contributed by atoms with Gasteiger partial charge in [0.15, 0.2) is 0 Å². The number of carbonyl (C=O) groups is 1. The summed E-state index contributed by atoms with van der Waals surface area (Å²) in [5.41, 5.74) is 1.79. The van der Waals surface area contributed by atoms with Crippen LogP contribution in [0.2, 0.25) is 0 Å². The molecule has 0 aliphatic carbocycles. The molecule has 2 aliphatic heterocycles. The predicted molar refractivity (Wildman–Crippen MR) is 128 cm³/mol. The van der Waals surface area contributed by atoms with Gasteiger partial charge < -0.3 is 4.74 Å². The monoisotopic (exact) mass is 483 g/mol. The van der Waals surface area contributed by atoms with E-state index in [2.05, 4.69) is 0 Å². The number of rotatable bonds is 5. The van der Waals surface area contributed by atoms with Gasteiger partial charge in [0.25, 0.3) is 10.0 Å². The highest BCUT2D eigenvalue weighted by Gasteiger charge is 2.35. The molecule has 0 unspecified atom stereocenters. The van der Waals surface area contributed by atoms with Crippen LogP contribution in [-0.2, 0) is 14.8 Å². The summed E-state index contributed by atoms with van der Waals surface area (Å²) in [7, 11) is -3.46. The third-order valence-corrected chi connectivity index (χ3v) is 9.34. The van der Waals surface area contributed by atoms with Gasteiger partial charge in [-0.3, -0.25) is 14.6 Å². The van der Waals surface area contributed by atoms with Crippen molar-refractivity contribution in [3.63, 3.8) is 0 Å². The first-order chi connectivity index (χ1) is 16.0. The van der Waals surface area contributed by atoms with Crippen LogP contribution >= 0.6 is 11.3 Å². The highest BCUT2D eigenvalue weighted by atomic mass is 32.2. The molecule has 1 atom stereocenters. The van der Waals surface area contributed by atoms with Crippen LogP contribution in [0.3, 0.4) is 0 Å². The molecule has 0 bridgehead atoms. The van der Waals surface area contributed by atoms with Gasteiger partial charge in [0, 0.05) is 26.2 Å². The molecular formula is C24H25N3O4S2. The Balaban J connectivity index is 1.31. The Hall–Kier alpha value is -2.72. The van der Waals surface area contributed by atoms with Gasteiger partial charge in [0.05, 0.1) is 18.3 Å². The van der Waals surface area contributed by atoms with Crippen molar-refractivity contribution in [1.29, 1.82) is 0 Å². The third-order valence-electron chi connectivity index (χ3n) is 6.07. The first kappa shape index (κ1) is 22.1. The Labute approximate surface area is 197 Å². The Kier molecular flexibility index (Phi) is 6.20. The molecule has 1 saturated heterocycles. The van der Waals surface area contributed by atoms with Crippen LogP contribution in [0.4, 0.5) is 5.69 Å². The lowest BCUT2D eigenvalue weighted by molar-refractivity contribution is -0.121. The number of fused-ring (bicyclic) bond motifs is 1. The number of nitrogens with zero attached hydrogens (tertiary/aromatic N) is 3. The van der Waals surface area contributed by atoms with Crippen molar-refractivity contribution in [3.05, 3.63) is 77.7 Å². The van der Waals surface area contributed by atoms with Crippen molar-refractivity contribution in [2.45, 2.75) is 10.3 Å². The predicted octanol–water partition coefficient (Wildman–Crippen LogP) is 3.22. The van der Waals surface area contributed by atoms with Gasteiger partial charge in [0.2, 0.25) is 5.91 Å². The number of sulfonamides is 1. The average molecular weight is 484 g/mol. The summed E-state index contributed by atoms with van der Waals surface area (Å²) in [4.78, 5) is 17.4. The zero-order chi connectivity index (χ0) is 22.8. The molecule has 2 aliphatic rings. The molecule has 172 valence electrons. The van der Waals surface area contributed by atoms with Gasteiger partial charge in [-0.1, -0.05) is 48.5 Å². The summed E-state index contributed by atoms with van der Waals surface area (Å²) < 4.78 is 33.4. The molecule has 7 nitrogen and oxygen atoms in total. The fourth-order valence-electron chi connectivity index (χ4n) is 4.35. The van der Waals surface area contributed by atoms with Crippen LogP contribution in [-0.4, -0.2) is 62.9 Å². The van der Waals surface area contributed by atoms with Gasteiger partial charge in [-0.15, -0.1) is 11.3 Å². The van der Waals surface area contributed by atoms with Crippen LogP contribution in [0.15, 0.2) is 76.3 Å². The lowest BCUT2D eigenvalue weighted by atomic mass is 10.0. The summed E-state index contributed by atoms with van der Waals surface area (Å²) in [6, 6.07) is 20.7. The van der Waals surface area contributed by atoms with Crippen LogP contribution < -0.4 is 9.64 Å². The molecule has 0 N–H and O–H groups in total. The lowest BCUT2D eigenvalue weighted by Gasteiger charge is -2.39. The lowest BCUT2D eigenvalue weighted by Crippen LogP contribution is -2.52. The minimum atomic E-state index is -3.46. The molecule has 0 spiro atoms. The van der Waals surface area contributed by atoms with E-state index in [0.29, 0.717) is 42.7 Å². The number of anilines is 1. The number of carbonyl (C=O) groups excluding carboxylic acids is 1. The zero-order valence-corrected chi connectivity index (χ0v) is 19.7. The van der Waals surface area contributed by atoms with Crippen LogP contribution in [0.1, 0.15) is 11.6 Å². The number of hydrogen-bond acceptors (Lipinski definition) is 6. The second kappa shape index (κ2) is 9.26. The molecule has 3 heterocycles. The van der Waals surface area contributed by atoms with Crippen LogP contribution in [0.25, 0.3) is 0 Å². The minimum absolute atomic E-state index is 0.0193. The number of para-hydroxylation sites is 2. The summed E-state index contributed by atoms with van der Waals surface area (Å²) in [6.45, 7) is 2.38. The smallest absolute Gasteiger partial charge is 0.252 e. The van der Waals surface area contributed by atoms with E-state index < -0.39 is 10.0 Å². The maximum absolute atomic E-state index is 13.6. The first-order valence-corrected chi connectivity index (χ1v) is 13.2. The summed E-state index contributed by atoms with van der Waals surface area (Å²) in [5.74, 6) is 0.680. The molecule has 33 heavy (non-hydrogen) atoms. The maximum Gasteiger partial charge on any atom is 0.252 e. The van der Waals surface area contributed by atoms with Crippen molar-refractivity contribution < 1.29 is 17.9 Å².